The molecule has 1 aliphatic rings. The molecule has 1 N–H and O–H groups in total. The molecule has 0 aromatic heterocycles. The van der Waals surface area contributed by atoms with Crippen LogP contribution in [0.5, 0.6) is 0 Å². The lowest BCUT2D eigenvalue weighted by Crippen LogP contribution is -2.39. The van der Waals surface area contributed by atoms with E-state index >= 15 is 0 Å². The minimum Gasteiger partial charge on any atom is -0.371 e. The van der Waals surface area contributed by atoms with Crippen LogP contribution in [0.3, 0.4) is 0 Å². The van der Waals surface area contributed by atoms with Crippen molar-refractivity contribution < 1.29 is 4.39 Å². The Hall–Kier alpha value is -1.09. The third-order valence-corrected chi connectivity index (χ3v) is 4.67. The quantitative estimate of drug-likeness (QED) is 0.785. The molecule has 21 heavy (non-hydrogen) atoms. The summed E-state index contributed by atoms with van der Waals surface area (Å²) in [6, 6.07) is 5.99. The Labute approximate surface area is 128 Å². The van der Waals surface area contributed by atoms with Gasteiger partial charge in [0, 0.05) is 25.3 Å². The first kappa shape index (κ1) is 16.3. The molecule has 0 radical (unpaired) electrons. The summed E-state index contributed by atoms with van der Waals surface area (Å²) in [5.41, 5.74) is 2.05. The van der Waals surface area contributed by atoms with Crippen molar-refractivity contribution in [2.45, 2.75) is 58.5 Å². The Morgan fingerprint density at radius 2 is 2.00 bits per heavy atom. The number of nitrogens with one attached hydrogen (secondary N) is 1. The summed E-state index contributed by atoms with van der Waals surface area (Å²) in [6.45, 7) is 6.18. The Morgan fingerprint density at radius 3 is 2.71 bits per heavy atom. The Morgan fingerprint density at radius 1 is 1.24 bits per heavy atom. The maximum Gasteiger partial charge on any atom is 0.125 e. The van der Waals surface area contributed by atoms with Gasteiger partial charge in [-0.1, -0.05) is 26.7 Å². The number of rotatable bonds is 6. The highest BCUT2D eigenvalue weighted by Crippen LogP contribution is 2.31. The predicted octanol–water partition coefficient (Wildman–Crippen LogP) is 4.34. The van der Waals surface area contributed by atoms with Crippen LogP contribution < -0.4 is 10.2 Å². The van der Waals surface area contributed by atoms with Crippen molar-refractivity contribution >= 4 is 5.69 Å². The van der Waals surface area contributed by atoms with E-state index in [4.69, 9.17) is 0 Å². The molecular weight excluding hydrogens is 263 g/mol. The lowest BCUT2D eigenvalue weighted by molar-refractivity contribution is 0.321. The fraction of sp³-hybridized carbons (Fsp3) is 0.667. The summed E-state index contributed by atoms with van der Waals surface area (Å²) in [5.74, 6) is 0.560. The molecule has 0 spiro atoms. The number of anilines is 1. The molecule has 2 nitrogen and oxygen atoms in total. The van der Waals surface area contributed by atoms with Gasteiger partial charge in [-0.15, -0.1) is 0 Å². The highest BCUT2D eigenvalue weighted by atomic mass is 19.1. The predicted molar refractivity (Wildman–Crippen MR) is 88.2 cm³/mol. The Kier molecular flexibility index (Phi) is 6.04. The number of halogens is 1. The van der Waals surface area contributed by atoms with E-state index in [-0.39, 0.29) is 5.82 Å². The Bertz CT molecular complexity index is 447. The molecule has 0 saturated heterocycles. The maximum absolute atomic E-state index is 13.9. The largest absolute Gasteiger partial charge is 0.371 e. The van der Waals surface area contributed by atoms with Gasteiger partial charge in [-0.25, -0.2) is 4.39 Å². The van der Waals surface area contributed by atoms with Crippen LogP contribution in [0.2, 0.25) is 0 Å². The molecule has 2 atom stereocenters. The molecular formula is C18H29FN2. The maximum atomic E-state index is 13.9. The van der Waals surface area contributed by atoms with Gasteiger partial charge in [-0.2, -0.15) is 0 Å². The van der Waals surface area contributed by atoms with Gasteiger partial charge in [-0.05, 0) is 55.5 Å². The van der Waals surface area contributed by atoms with Crippen molar-refractivity contribution in [1.29, 1.82) is 0 Å². The number of benzene rings is 1. The minimum absolute atomic E-state index is 0.129. The van der Waals surface area contributed by atoms with E-state index in [1.807, 2.05) is 0 Å². The third-order valence-electron chi connectivity index (χ3n) is 4.67. The monoisotopic (exact) mass is 292 g/mol. The first-order valence-corrected chi connectivity index (χ1v) is 8.34. The smallest absolute Gasteiger partial charge is 0.125 e. The summed E-state index contributed by atoms with van der Waals surface area (Å²) >= 11 is 0. The van der Waals surface area contributed by atoms with E-state index in [0.29, 0.717) is 12.0 Å². The molecule has 1 aliphatic carbocycles. The van der Waals surface area contributed by atoms with Crippen LogP contribution in [0.4, 0.5) is 10.1 Å². The van der Waals surface area contributed by atoms with Crippen LogP contribution in [-0.4, -0.2) is 19.6 Å². The van der Waals surface area contributed by atoms with Gasteiger partial charge in [0.1, 0.15) is 5.82 Å². The van der Waals surface area contributed by atoms with E-state index in [1.54, 1.807) is 12.1 Å². The van der Waals surface area contributed by atoms with Crippen molar-refractivity contribution in [3.63, 3.8) is 0 Å². The summed E-state index contributed by atoms with van der Waals surface area (Å²) < 4.78 is 13.9. The topological polar surface area (TPSA) is 15.3 Å². The van der Waals surface area contributed by atoms with Gasteiger partial charge < -0.3 is 10.2 Å². The molecule has 1 fully saturated rings. The number of nitrogens with zero attached hydrogens (tertiary/aromatic N) is 1. The molecule has 3 heteroatoms. The molecule has 0 heterocycles. The van der Waals surface area contributed by atoms with Gasteiger partial charge in [0.25, 0.3) is 0 Å². The minimum atomic E-state index is -0.129. The van der Waals surface area contributed by atoms with Gasteiger partial charge in [0.15, 0.2) is 0 Å². The molecule has 118 valence electrons. The van der Waals surface area contributed by atoms with Crippen LogP contribution in [0.1, 0.15) is 51.5 Å². The molecule has 1 saturated carbocycles. The van der Waals surface area contributed by atoms with Crippen molar-refractivity contribution in [2.75, 3.05) is 18.5 Å². The molecule has 0 amide bonds. The summed E-state index contributed by atoms with van der Waals surface area (Å²) in [4.78, 5) is 2.29. The zero-order chi connectivity index (χ0) is 15.2. The van der Waals surface area contributed by atoms with Crippen molar-refractivity contribution in [1.82, 2.24) is 5.32 Å². The Balaban J connectivity index is 2.10. The highest BCUT2D eigenvalue weighted by molar-refractivity contribution is 5.49. The second kappa shape index (κ2) is 7.79. The van der Waals surface area contributed by atoms with Gasteiger partial charge >= 0.3 is 0 Å². The van der Waals surface area contributed by atoms with Crippen LogP contribution >= 0.6 is 0 Å². The third kappa shape index (κ3) is 4.44. The molecule has 0 bridgehead atoms. The molecule has 1 aromatic rings. The van der Waals surface area contributed by atoms with Gasteiger partial charge in [-0.3, -0.25) is 0 Å². The van der Waals surface area contributed by atoms with Crippen molar-refractivity contribution in [3.05, 3.63) is 29.6 Å². The summed E-state index contributed by atoms with van der Waals surface area (Å²) in [5, 5.41) is 3.35. The van der Waals surface area contributed by atoms with Crippen LogP contribution in [0.15, 0.2) is 18.2 Å². The standard InChI is InChI=1S/C18H29FN2/c1-4-9-20-13-15-10-16(19)12-17(11-15)21(3)18-8-6-5-7-14(18)2/h10-12,14,18,20H,4-9,13H2,1-3H3. The summed E-state index contributed by atoms with van der Waals surface area (Å²) in [6.07, 6.45) is 6.23. The fourth-order valence-electron chi connectivity index (χ4n) is 3.41. The lowest BCUT2D eigenvalue weighted by Gasteiger charge is -2.38. The zero-order valence-corrected chi connectivity index (χ0v) is 13.7. The van der Waals surface area contributed by atoms with Gasteiger partial charge in [0.05, 0.1) is 0 Å². The second-order valence-corrected chi connectivity index (χ2v) is 6.43. The van der Waals surface area contributed by atoms with Crippen LogP contribution in [-0.2, 0) is 6.54 Å². The molecule has 2 rings (SSSR count). The zero-order valence-electron chi connectivity index (χ0n) is 13.7. The molecule has 1 aromatic carbocycles. The lowest BCUT2D eigenvalue weighted by atomic mass is 9.85. The van der Waals surface area contributed by atoms with Crippen LogP contribution in [0.25, 0.3) is 0 Å². The fourth-order valence-corrected chi connectivity index (χ4v) is 3.41. The van der Waals surface area contributed by atoms with E-state index in [1.165, 1.54) is 25.7 Å². The SMILES string of the molecule is CCCNCc1cc(F)cc(N(C)C2CCCCC2C)c1. The van der Waals surface area contributed by atoms with E-state index in [0.717, 1.165) is 30.8 Å². The van der Waals surface area contributed by atoms with E-state index < -0.39 is 0 Å². The number of hydrogen-bond acceptors (Lipinski definition) is 2. The van der Waals surface area contributed by atoms with Crippen molar-refractivity contribution in [3.8, 4) is 0 Å². The van der Waals surface area contributed by atoms with Crippen molar-refractivity contribution in [2.24, 2.45) is 5.92 Å². The first-order valence-electron chi connectivity index (χ1n) is 8.34. The first-order chi connectivity index (χ1) is 10.1. The average Bonchev–Trinajstić information content (AvgIpc) is 2.47. The number of hydrogen-bond donors (Lipinski definition) is 1. The van der Waals surface area contributed by atoms with E-state index in [2.05, 4.69) is 37.2 Å². The molecule has 0 aliphatic heterocycles. The van der Waals surface area contributed by atoms with E-state index in [9.17, 15) is 4.39 Å². The second-order valence-electron chi connectivity index (χ2n) is 6.43. The molecule has 2 unspecified atom stereocenters. The average molecular weight is 292 g/mol. The van der Waals surface area contributed by atoms with Gasteiger partial charge in [0.2, 0.25) is 0 Å². The van der Waals surface area contributed by atoms with Crippen LogP contribution in [0, 0.1) is 11.7 Å². The summed E-state index contributed by atoms with van der Waals surface area (Å²) in [7, 11) is 2.12. The highest BCUT2D eigenvalue weighted by Gasteiger charge is 2.25. The normalized spacial score (nSPS) is 22.3.